The lowest BCUT2D eigenvalue weighted by atomic mass is 9.87. The van der Waals surface area contributed by atoms with E-state index < -0.39 is 0 Å². The van der Waals surface area contributed by atoms with E-state index in [2.05, 4.69) is 59.4 Å². The number of thiazole rings is 2. The zero-order chi connectivity index (χ0) is 47.6. The number of thiophene rings is 1. The van der Waals surface area contributed by atoms with E-state index in [4.69, 9.17) is 20.4 Å². The van der Waals surface area contributed by atoms with Crippen LogP contribution in [0.4, 0.5) is 22.2 Å². The normalized spacial score (nSPS) is 17.6. The number of ether oxygens (including phenoxy) is 1. The molecule has 6 N–H and O–H groups in total. The smallest absolute Gasteiger partial charge is 0.301 e. The van der Waals surface area contributed by atoms with Gasteiger partial charge < -0.3 is 31.3 Å². The summed E-state index contributed by atoms with van der Waals surface area (Å²) in [6, 6.07) is 28.7. The van der Waals surface area contributed by atoms with Gasteiger partial charge >= 0.3 is 5.56 Å². The summed E-state index contributed by atoms with van der Waals surface area (Å²) in [4.78, 5) is 57.7. The monoisotopic (exact) mass is 990 g/mol. The number of aromatic nitrogens is 5. The molecule has 8 aromatic rings. The van der Waals surface area contributed by atoms with Gasteiger partial charge in [-0.15, -0.1) is 44.2 Å². The van der Waals surface area contributed by atoms with Crippen molar-refractivity contribution in [1.82, 2.24) is 40.7 Å². The van der Waals surface area contributed by atoms with E-state index in [1.165, 1.54) is 68.3 Å². The van der Waals surface area contributed by atoms with Crippen LogP contribution in [0.3, 0.4) is 0 Å². The van der Waals surface area contributed by atoms with Crippen LogP contribution < -0.4 is 32.1 Å². The number of rotatable bonds is 16. The molecule has 5 aromatic heterocycles. The van der Waals surface area contributed by atoms with E-state index >= 15 is 0 Å². The average molecular weight is 991 g/mol. The number of azo groups is 1. The lowest BCUT2D eigenvalue weighted by Crippen LogP contribution is -2.51. The van der Waals surface area contributed by atoms with E-state index in [0.29, 0.717) is 76.0 Å². The van der Waals surface area contributed by atoms with Crippen LogP contribution in [0.5, 0.6) is 0 Å². The molecule has 2 saturated heterocycles. The second kappa shape index (κ2) is 20.2. The molecule has 19 heteroatoms. The molecular weight excluding hydrogens is 941 g/mol. The molecule has 3 atom stereocenters. The number of pyridine rings is 1. The Kier molecular flexibility index (Phi) is 13.1. The number of nitrogens with zero attached hydrogens (tertiary/aromatic N) is 7. The number of aryl methyl sites for hydroxylation is 2. The number of benzene rings is 3. The minimum absolute atomic E-state index is 0.0516. The van der Waals surface area contributed by atoms with E-state index in [9.17, 15) is 14.4 Å². The first-order valence-corrected chi connectivity index (χ1v) is 26.1. The highest BCUT2D eigenvalue weighted by molar-refractivity contribution is 7.21. The molecule has 3 aromatic carbocycles. The molecule has 2 amide bonds. The van der Waals surface area contributed by atoms with Gasteiger partial charge in [0.05, 0.1) is 23.7 Å². The fraction of sp³-hybridized carbons (Fsp3) is 0.294. The van der Waals surface area contributed by atoms with Gasteiger partial charge in [0.1, 0.15) is 9.71 Å². The number of nitrogens with two attached hydrogens (primary N) is 1. The molecule has 1 aliphatic carbocycles. The Bertz CT molecular complexity index is 3240. The number of anilines is 2. The number of fused-ring (bicyclic) bond motifs is 4. The highest BCUT2D eigenvalue weighted by Gasteiger charge is 2.33. The highest BCUT2D eigenvalue weighted by Crippen LogP contribution is 2.35. The highest BCUT2D eigenvalue weighted by atomic mass is 32.1. The molecule has 2 bridgehead atoms. The Morgan fingerprint density at radius 1 is 0.886 bits per heavy atom. The van der Waals surface area contributed by atoms with Gasteiger partial charge in [-0.25, -0.2) is 15.0 Å². The number of hydrogen-bond acceptors (Lipinski definition) is 15. The number of carbonyl (C=O) groups excluding carboxylic acids is 2. The number of carbonyl (C=O) groups is 2. The van der Waals surface area contributed by atoms with Crippen LogP contribution in [0, 0.1) is 0 Å². The first-order chi connectivity index (χ1) is 34.3. The Labute approximate surface area is 415 Å². The lowest BCUT2D eigenvalue weighted by Gasteiger charge is -2.35. The number of aromatic amines is 1. The van der Waals surface area contributed by atoms with Crippen LogP contribution in [-0.2, 0) is 24.0 Å². The predicted octanol–water partition coefficient (Wildman–Crippen LogP) is 8.63. The van der Waals surface area contributed by atoms with Crippen molar-refractivity contribution in [2.24, 2.45) is 10.2 Å². The SMILES string of the molecule is Nc1c(C(=O)N[C@H]2CCc3cc(N4C[C@H]5CC[C@@H](C4)N5)ccc3C2)sc2nc(CCCOCCNC(=O)c3ccc(-c4csc(-n5[nH]c(-c6ccccc6)c(N=Nc6nccs6)c5=O)n4)cc3)ccc12. The maximum atomic E-state index is 13.6. The van der Waals surface area contributed by atoms with Crippen molar-refractivity contribution in [3.8, 4) is 27.6 Å². The second-order valence-electron chi connectivity index (χ2n) is 17.8. The molecule has 3 aliphatic rings. The first-order valence-electron chi connectivity index (χ1n) is 23.5. The Hall–Kier alpha value is -6.90. The third-order valence-corrected chi connectivity index (χ3v) is 15.8. The molecule has 356 valence electrons. The van der Waals surface area contributed by atoms with Gasteiger partial charge in [-0.3, -0.25) is 19.5 Å². The van der Waals surface area contributed by atoms with Crippen LogP contribution in [0.1, 0.15) is 62.5 Å². The summed E-state index contributed by atoms with van der Waals surface area (Å²) < 4.78 is 7.21. The van der Waals surface area contributed by atoms with Gasteiger partial charge in [-0.2, -0.15) is 4.68 Å². The van der Waals surface area contributed by atoms with Crippen molar-refractivity contribution in [1.29, 1.82) is 0 Å². The Balaban J connectivity index is 0.626. The maximum absolute atomic E-state index is 13.6. The Morgan fingerprint density at radius 2 is 1.73 bits per heavy atom. The summed E-state index contributed by atoms with van der Waals surface area (Å²) in [7, 11) is 0. The minimum atomic E-state index is -0.389. The summed E-state index contributed by atoms with van der Waals surface area (Å²) in [6.07, 6.45) is 8.26. The molecule has 0 radical (unpaired) electrons. The Morgan fingerprint density at radius 3 is 2.54 bits per heavy atom. The predicted molar refractivity (Wildman–Crippen MR) is 277 cm³/mol. The minimum Gasteiger partial charge on any atom is -0.397 e. The third kappa shape index (κ3) is 9.80. The third-order valence-electron chi connectivity index (χ3n) is 13.2. The zero-order valence-electron chi connectivity index (χ0n) is 38.1. The fourth-order valence-electron chi connectivity index (χ4n) is 9.57. The number of hydrogen-bond donors (Lipinski definition) is 5. The van der Waals surface area contributed by atoms with Gasteiger partial charge in [-0.05, 0) is 92.5 Å². The van der Waals surface area contributed by atoms with Gasteiger partial charge in [-0.1, -0.05) is 48.5 Å². The zero-order valence-corrected chi connectivity index (χ0v) is 40.5. The van der Waals surface area contributed by atoms with Crippen molar-refractivity contribution < 1.29 is 14.3 Å². The van der Waals surface area contributed by atoms with Gasteiger partial charge in [0.25, 0.3) is 11.8 Å². The maximum Gasteiger partial charge on any atom is 0.301 e. The summed E-state index contributed by atoms with van der Waals surface area (Å²) in [5.41, 5.74) is 15.0. The summed E-state index contributed by atoms with van der Waals surface area (Å²) in [5, 5.41) is 26.9. The number of nitrogens with one attached hydrogen (secondary N) is 4. The van der Waals surface area contributed by atoms with Crippen molar-refractivity contribution in [3.05, 3.63) is 140 Å². The van der Waals surface area contributed by atoms with Crippen molar-refractivity contribution in [2.45, 2.75) is 63.1 Å². The van der Waals surface area contributed by atoms with Gasteiger partial charge in [0.15, 0.2) is 5.69 Å². The fourth-order valence-corrected chi connectivity index (χ4v) is 11.8. The van der Waals surface area contributed by atoms with E-state index in [1.54, 1.807) is 23.7 Å². The van der Waals surface area contributed by atoms with E-state index in [-0.39, 0.29) is 29.1 Å². The largest absolute Gasteiger partial charge is 0.397 e. The molecule has 0 spiro atoms. The van der Waals surface area contributed by atoms with Crippen LogP contribution in [0.25, 0.3) is 37.9 Å². The molecule has 70 heavy (non-hydrogen) atoms. The standard InChI is InChI=1S/C51H50N12O4S3/c52-42-40-19-17-35(57-48(40)70-45(42)47(65)56-36-14-12-34-26-39(18-13-33(34)25-36)62-27-37-15-16-38(28-62)55-37)7-4-22-67-23-20-53-46(64)32-10-8-30(9-11-32)41-29-69-51(58-41)63-49(66)44(59-60-50-54-21-24-68-50)43(61-63)31-5-2-1-3-6-31/h1-3,5-6,8-11,13,17-19,21,24,26,29,36-38,55,61H,4,7,12,14-16,20,22-23,25,27-28,52H2,(H,53,64)(H,56,65)/t36-,37-,38+/m0/s1. The summed E-state index contributed by atoms with van der Waals surface area (Å²) in [6.45, 7) is 3.37. The van der Waals surface area contributed by atoms with Crippen LogP contribution in [0.2, 0.25) is 0 Å². The van der Waals surface area contributed by atoms with Crippen molar-refractivity contribution >= 4 is 78.2 Å². The molecule has 0 unspecified atom stereocenters. The van der Waals surface area contributed by atoms with Crippen molar-refractivity contribution in [2.75, 3.05) is 43.5 Å². The number of nitrogen functional groups attached to an aromatic ring is 1. The van der Waals surface area contributed by atoms with Crippen LogP contribution in [-0.4, -0.2) is 87.5 Å². The van der Waals surface area contributed by atoms with E-state index in [0.717, 1.165) is 65.8 Å². The number of H-pyrrole nitrogens is 1. The second-order valence-corrected chi connectivity index (χ2v) is 20.5. The molecule has 7 heterocycles. The van der Waals surface area contributed by atoms with Crippen molar-refractivity contribution in [3.63, 3.8) is 0 Å². The quantitative estimate of drug-likeness (QED) is 0.0460. The molecule has 0 saturated carbocycles. The molecule has 2 aliphatic heterocycles. The average Bonchev–Trinajstić information content (AvgIpc) is 4.25. The summed E-state index contributed by atoms with van der Waals surface area (Å²) in [5.74, 6) is -0.351. The van der Waals surface area contributed by atoms with Crippen LogP contribution in [0.15, 0.2) is 117 Å². The lowest BCUT2D eigenvalue weighted by molar-refractivity contribution is 0.0911. The topological polar surface area (TPSA) is 210 Å². The number of piperazine rings is 1. The summed E-state index contributed by atoms with van der Waals surface area (Å²) >= 11 is 3.97. The van der Waals surface area contributed by atoms with Crippen LogP contribution >= 0.6 is 34.0 Å². The molecule has 11 rings (SSSR count). The van der Waals surface area contributed by atoms with E-state index in [1.807, 2.05) is 60.0 Å². The number of amides is 2. The first kappa shape index (κ1) is 45.5. The van der Waals surface area contributed by atoms with Gasteiger partial charge in [0, 0.05) is 94.8 Å². The van der Waals surface area contributed by atoms with Gasteiger partial charge in [0.2, 0.25) is 10.3 Å². The molecule has 16 nitrogen and oxygen atoms in total. The molecule has 2 fully saturated rings. The molecular formula is C51H50N12O4S3.